The predicted octanol–water partition coefficient (Wildman–Crippen LogP) is 5.46. The van der Waals surface area contributed by atoms with Gasteiger partial charge in [0, 0.05) is 10.6 Å². The molecule has 0 aliphatic carbocycles. The van der Waals surface area contributed by atoms with Crippen molar-refractivity contribution in [3.8, 4) is 5.75 Å². The quantitative estimate of drug-likeness (QED) is 0.335. The van der Waals surface area contributed by atoms with Gasteiger partial charge in [0.05, 0.1) is 20.3 Å². The molecule has 0 saturated carbocycles. The third kappa shape index (κ3) is 4.52. The fourth-order valence-corrected chi connectivity index (χ4v) is 3.67. The number of alkyl halides is 2. The lowest BCUT2D eigenvalue weighted by molar-refractivity contribution is 0.0316. The van der Waals surface area contributed by atoms with Crippen molar-refractivity contribution in [1.29, 1.82) is 0 Å². The number of ether oxygens (including phenoxy) is 2. The van der Waals surface area contributed by atoms with Gasteiger partial charge >= 0.3 is 11.9 Å². The first kappa shape index (κ1) is 22.7. The summed E-state index contributed by atoms with van der Waals surface area (Å²) in [6.07, 6.45) is 0. The minimum atomic E-state index is -3.59. The highest BCUT2D eigenvalue weighted by molar-refractivity contribution is 6.31. The summed E-state index contributed by atoms with van der Waals surface area (Å²) in [4.78, 5) is 12.7. The molecule has 0 radical (unpaired) electrons. The number of esters is 1. The molecule has 0 fully saturated rings. The zero-order valence-electron chi connectivity index (χ0n) is 17.9. The van der Waals surface area contributed by atoms with Crippen LogP contribution in [-0.2, 0) is 17.2 Å². The second-order valence-electron chi connectivity index (χ2n) is 7.29. The molecule has 3 aromatic carbocycles. The van der Waals surface area contributed by atoms with Crippen molar-refractivity contribution in [2.75, 3.05) is 13.7 Å². The predicted molar refractivity (Wildman–Crippen MR) is 120 cm³/mol. The number of methoxy groups -OCH3 is 1. The van der Waals surface area contributed by atoms with Gasteiger partial charge in [0.15, 0.2) is 11.4 Å². The Morgan fingerprint density at radius 1 is 1.06 bits per heavy atom. The van der Waals surface area contributed by atoms with Gasteiger partial charge in [0.1, 0.15) is 5.75 Å². The highest BCUT2D eigenvalue weighted by Gasteiger charge is 2.43. The van der Waals surface area contributed by atoms with Crippen molar-refractivity contribution in [3.05, 3.63) is 88.2 Å². The molecule has 1 heterocycles. The van der Waals surface area contributed by atoms with Crippen LogP contribution < -0.4 is 4.74 Å². The van der Waals surface area contributed by atoms with E-state index in [9.17, 15) is 4.79 Å². The van der Waals surface area contributed by atoms with Gasteiger partial charge in [-0.15, -0.1) is 5.10 Å². The number of hydrogen-bond donors (Lipinski definition) is 0. The van der Waals surface area contributed by atoms with Gasteiger partial charge in [0.2, 0.25) is 0 Å². The fraction of sp³-hybridized carbons (Fsp3) is 0.208. The van der Waals surface area contributed by atoms with Crippen LogP contribution in [0.15, 0.2) is 60.7 Å². The van der Waals surface area contributed by atoms with E-state index in [0.29, 0.717) is 16.2 Å². The van der Waals surface area contributed by atoms with Gasteiger partial charge in [-0.3, -0.25) is 0 Å². The largest absolute Gasteiger partial charge is 0.497 e. The monoisotopic (exact) mass is 471 g/mol. The van der Waals surface area contributed by atoms with Crippen LogP contribution >= 0.6 is 11.6 Å². The van der Waals surface area contributed by atoms with Gasteiger partial charge in [-0.05, 0) is 53.6 Å². The van der Waals surface area contributed by atoms with Crippen molar-refractivity contribution in [2.45, 2.75) is 19.4 Å². The van der Waals surface area contributed by atoms with E-state index in [2.05, 4.69) is 10.3 Å². The molecule has 1 aromatic heterocycles. The molecule has 0 unspecified atom stereocenters. The second-order valence-corrected chi connectivity index (χ2v) is 7.73. The van der Waals surface area contributed by atoms with Gasteiger partial charge in [-0.25, -0.2) is 9.48 Å². The molecule has 0 spiro atoms. The lowest BCUT2D eigenvalue weighted by atomic mass is 10.00. The summed E-state index contributed by atoms with van der Waals surface area (Å²) in [5, 5.41) is 9.38. The fourth-order valence-electron chi connectivity index (χ4n) is 3.49. The molecule has 33 heavy (non-hydrogen) atoms. The van der Waals surface area contributed by atoms with E-state index < -0.39 is 23.3 Å². The molecule has 0 amide bonds. The maximum Gasteiger partial charge on any atom is 0.358 e. The Labute approximate surface area is 193 Å². The first-order valence-corrected chi connectivity index (χ1v) is 10.5. The molecule has 4 aromatic rings. The molecular formula is C24H20ClF2N3O3. The number of nitrogens with zero attached hydrogens (tertiary/aromatic N) is 3. The van der Waals surface area contributed by atoms with Gasteiger partial charge in [-0.1, -0.05) is 47.1 Å². The molecule has 170 valence electrons. The highest BCUT2D eigenvalue weighted by Crippen LogP contribution is 2.38. The van der Waals surface area contributed by atoms with Crippen LogP contribution in [0.3, 0.4) is 0 Å². The minimum absolute atomic E-state index is 0.0221. The Balaban J connectivity index is 1.76. The molecular weight excluding hydrogens is 452 g/mol. The summed E-state index contributed by atoms with van der Waals surface area (Å²) < 4.78 is 42.6. The molecule has 6 nitrogen and oxygen atoms in total. The lowest BCUT2D eigenvalue weighted by Crippen LogP contribution is -2.23. The maximum atomic E-state index is 15.6. The van der Waals surface area contributed by atoms with Crippen LogP contribution in [0.5, 0.6) is 5.75 Å². The van der Waals surface area contributed by atoms with Crippen LogP contribution in [0.1, 0.15) is 34.2 Å². The van der Waals surface area contributed by atoms with E-state index >= 15 is 8.78 Å². The Bertz CT molecular complexity index is 1310. The van der Waals surface area contributed by atoms with Crippen molar-refractivity contribution in [1.82, 2.24) is 15.0 Å². The standard InChI is InChI=1S/C24H20ClF2N3O3/c1-3-33-23(31)21-22(28-29-30(21)14-15-4-10-20(32-2)11-5-15)24(26,27)18-8-6-17-13-19(25)9-7-16(17)12-18/h4-13H,3,14H2,1-2H3. The summed E-state index contributed by atoms with van der Waals surface area (Å²) in [7, 11) is 1.54. The van der Waals surface area contributed by atoms with E-state index in [4.69, 9.17) is 21.1 Å². The second kappa shape index (κ2) is 9.15. The lowest BCUT2D eigenvalue weighted by Gasteiger charge is -2.17. The molecule has 9 heteroatoms. The van der Waals surface area contributed by atoms with Crippen molar-refractivity contribution in [3.63, 3.8) is 0 Å². The number of rotatable bonds is 7. The highest BCUT2D eigenvalue weighted by atomic mass is 35.5. The summed E-state index contributed by atoms with van der Waals surface area (Å²) in [5.41, 5.74) is -0.750. The first-order chi connectivity index (χ1) is 15.8. The Morgan fingerprint density at radius 2 is 1.76 bits per heavy atom. The van der Waals surface area contributed by atoms with Gasteiger partial charge in [-0.2, -0.15) is 8.78 Å². The molecule has 0 atom stereocenters. The molecule has 0 aliphatic heterocycles. The number of hydrogen-bond acceptors (Lipinski definition) is 5. The Hall–Kier alpha value is -3.52. The SMILES string of the molecule is CCOC(=O)c1c(C(F)(F)c2ccc3cc(Cl)ccc3c2)nnn1Cc1ccc(OC)cc1. The van der Waals surface area contributed by atoms with Crippen LogP contribution in [0.25, 0.3) is 10.8 Å². The zero-order valence-corrected chi connectivity index (χ0v) is 18.6. The van der Waals surface area contributed by atoms with Crippen LogP contribution in [0, 0.1) is 0 Å². The molecule has 4 rings (SSSR count). The summed E-state index contributed by atoms with van der Waals surface area (Å²) in [5.74, 6) is -3.86. The molecule has 0 saturated heterocycles. The average molecular weight is 472 g/mol. The number of carbonyl (C=O) groups excluding carboxylic acids is 1. The van der Waals surface area contributed by atoms with Crippen LogP contribution in [0.2, 0.25) is 5.02 Å². The number of carbonyl (C=O) groups is 1. The third-order valence-corrected chi connectivity index (χ3v) is 5.39. The number of halogens is 3. The Morgan fingerprint density at radius 3 is 2.45 bits per heavy atom. The normalized spacial score (nSPS) is 11.5. The Kier molecular flexibility index (Phi) is 6.29. The minimum Gasteiger partial charge on any atom is -0.497 e. The molecule has 0 N–H and O–H groups in total. The van der Waals surface area contributed by atoms with Crippen molar-refractivity contribution in [2.24, 2.45) is 0 Å². The number of fused-ring (bicyclic) bond motifs is 1. The maximum absolute atomic E-state index is 15.6. The van der Waals surface area contributed by atoms with E-state index in [1.54, 1.807) is 62.6 Å². The smallest absolute Gasteiger partial charge is 0.358 e. The third-order valence-electron chi connectivity index (χ3n) is 5.16. The summed E-state index contributed by atoms with van der Waals surface area (Å²) in [6, 6.07) is 16.1. The number of benzene rings is 3. The molecule has 0 bridgehead atoms. The summed E-state index contributed by atoms with van der Waals surface area (Å²) >= 11 is 5.99. The topological polar surface area (TPSA) is 66.2 Å². The van der Waals surface area contributed by atoms with E-state index in [1.165, 1.54) is 12.1 Å². The van der Waals surface area contributed by atoms with Crippen LogP contribution in [-0.4, -0.2) is 34.7 Å². The van der Waals surface area contributed by atoms with Crippen molar-refractivity contribution >= 4 is 28.3 Å². The zero-order chi connectivity index (χ0) is 23.6. The van der Waals surface area contributed by atoms with Crippen molar-refractivity contribution < 1.29 is 23.0 Å². The number of aromatic nitrogens is 3. The van der Waals surface area contributed by atoms with E-state index in [-0.39, 0.29) is 18.7 Å². The molecule has 0 aliphatic rings. The average Bonchev–Trinajstić information content (AvgIpc) is 3.24. The van der Waals surface area contributed by atoms with Crippen LogP contribution in [0.4, 0.5) is 8.78 Å². The van der Waals surface area contributed by atoms with E-state index in [0.717, 1.165) is 15.6 Å². The van der Waals surface area contributed by atoms with Gasteiger partial charge < -0.3 is 9.47 Å². The first-order valence-electron chi connectivity index (χ1n) is 10.1. The van der Waals surface area contributed by atoms with E-state index in [1.807, 2.05) is 0 Å². The van der Waals surface area contributed by atoms with Gasteiger partial charge in [0.25, 0.3) is 0 Å². The summed E-state index contributed by atoms with van der Waals surface area (Å²) in [6.45, 7) is 1.67.